The van der Waals surface area contributed by atoms with Gasteiger partial charge in [0.05, 0.1) is 38.7 Å². The number of esters is 1. The van der Waals surface area contributed by atoms with E-state index < -0.39 is 22.0 Å². The van der Waals surface area contributed by atoms with E-state index in [1.807, 2.05) is 19.9 Å². The highest BCUT2D eigenvalue weighted by atomic mass is 32.2. The number of nitrogens with zero attached hydrogens (tertiary/aromatic N) is 1. The quantitative estimate of drug-likeness (QED) is 0.651. The average molecular weight is 434 g/mol. The number of ether oxygens (including phenoxy) is 3. The van der Waals surface area contributed by atoms with Crippen LogP contribution in [0.25, 0.3) is 0 Å². The van der Waals surface area contributed by atoms with Crippen molar-refractivity contribution >= 4 is 16.0 Å². The van der Waals surface area contributed by atoms with E-state index >= 15 is 0 Å². The van der Waals surface area contributed by atoms with Crippen molar-refractivity contribution in [1.82, 2.24) is 4.31 Å². The average Bonchev–Trinajstić information content (AvgIpc) is 2.74. The number of carbonyl (C=O) groups is 1. The Kier molecular flexibility index (Phi) is 6.38. The Morgan fingerprint density at radius 1 is 1.03 bits per heavy atom. The summed E-state index contributed by atoms with van der Waals surface area (Å²) in [5, 5.41) is 0. The first-order valence-electron chi connectivity index (χ1n) is 9.63. The molecule has 0 aromatic heterocycles. The lowest BCUT2D eigenvalue weighted by Crippen LogP contribution is -2.41. The number of carbonyl (C=O) groups excluding carboxylic acids is 1. The summed E-state index contributed by atoms with van der Waals surface area (Å²) in [6.45, 7) is 4.06. The molecule has 7 nitrogen and oxygen atoms in total. The van der Waals surface area contributed by atoms with Gasteiger partial charge in [0.1, 0.15) is 0 Å². The number of benzene rings is 2. The summed E-state index contributed by atoms with van der Waals surface area (Å²) < 4.78 is 44.1. The molecule has 1 atom stereocenters. The van der Waals surface area contributed by atoms with Gasteiger partial charge in [0.2, 0.25) is 10.0 Å². The molecular formula is C22H27NO6S. The molecule has 0 spiro atoms. The number of rotatable bonds is 6. The number of sulfonamides is 1. The number of fused-ring (bicyclic) bond motifs is 1. The van der Waals surface area contributed by atoms with Crippen LogP contribution in [0.2, 0.25) is 0 Å². The second-order valence-corrected chi connectivity index (χ2v) is 9.20. The lowest BCUT2D eigenvalue weighted by molar-refractivity contribution is -0.141. The van der Waals surface area contributed by atoms with E-state index in [1.165, 1.54) is 18.5 Å². The summed E-state index contributed by atoms with van der Waals surface area (Å²) in [5.41, 5.74) is 3.55. The van der Waals surface area contributed by atoms with Gasteiger partial charge in [-0.2, -0.15) is 4.31 Å². The molecule has 0 aliphatic carbocycles. The molecule has 0 bridgehead atoms. The number of methoxy groups -OCH3 is 3. The third-order valence-corrected chi connectivity index (χ3v) is 7.53. The van der Waals surface area contributed by atoms with Crippen molar-refractivity contribution in [2.45, 2.75) is 37.6 Å². The van der Waals surface area contributed by atoms with Gasteiger partial charge in [-0.15, -0.1) is 0 Å². The van der Waals surface area contributed by atoms with E-state index in [2.05, 4.69) is 0 Å². The van der Waals surface area contributed by atoms with E-state index in [4.69, 9.17) is 14.2 Å². The van der Waals surface area contributed by atoms with E-state index in [9.17, 15) is 13.2 Å². The van der Waals surface area contributed by atoms with Gasteiger partial charge >= 0.3 is 5.97 Å². The number of hydrogen-bond donors (Lipinski definition) is 0. The topological polar surface area (TPSA) is 82.1 Å². The molecule has 0 N–H and O–H groups in total. The van der Waals surface area contributed by atoms with Crippen LogP contribution in [0, 0.1) is 13.8 Å². The Morgan fingerprint density at radius 2 is 1.70 bits per heavy atom. The molecule has 162 valence electrons. The second-order valence-electron chi connectivity index (χ2n) is 7.31. The number of aryl methyl sites for hydroxylation is 2. The molecule has 0 saturated carbocycles. The Hall–Kier alpha value is -2.58. The minimum Gasteiger partial charge on any atom is -0.493 e. The fourth-order valence-electron chi connectivity index (χ4n) is 3.76. The van der Waals surface area contributed by atoms with Crippen LogP contribution in [0.5, 0.6) is 11.5 Å². The smallest absolute Gasteiger partial charge is 0.307 e. The van der Waals surface area contributed by atoms with E-state index in [1.54, 1.807) is 31.4 Å². The lowest BCUT2D eigenvalue weighted by atomic mass is 9.91. The van der Waals surface area contributed by atoms with Crippen molar-refractivity contribution in [2.75, 3.05) is 27.9 Å². The van der Waals surface area contributed by atoms with Crippen LogP contribution >= 0.6 is 0 Å². The number of hydrogen-bond acceptors (Lipinski definition) is 6. The zero-order valence-electron chi connectivity index (χ0n) is 17.9. The van der Waals surface area contributed by atoms with Crippen LogP contribution in [0.1, 0.15) is 34.7 Å². The molecule has 0 fully saturated rings. The normalized spacial score (nSPS) is 16.6. The van der Waals surface area contributed by atoms with E-state index in [0.717, 1.165) is 22.3 Å². The molecule has 0 amide bonds. The van der Waals surface area contributed by atoms with Gasteiger partial charge in [-0.05, 0) is 66.8 Å². The Balaban J connectivity index is 2.12. The third-order valence-electron chi connectivity index (χ3n) is 5.63. The summed E-state index contributed by atoms with van der Waals surface area (Å²) in [4.78, 5) is 12.4. The first-order chi connectivity index (χ1) is 14.2. The van der Waals surface area contributed by atoms with E-state index in [-0.39, 0.29) is 17.9 Å². The highest BCUT2D eigenvalue weighted by Gasteiger charge is 2.38. The van der Waals surface area contributed by atoms with Crippen LogP contribution in [0.3, 0.4) is 0 Å². The Labute approximate surface area is 177 Å². The molecule has 8 heteroatoms. The van der Waals surface area contributed by atoms with Crippen molar-refractivity contribution in [3.63, 3.8) is 0 Å². The molecule has 2 aromatic carbocycles. The van der Waals surface area contributed by atoms with Gasteiger partial charge in [0, 0.05) is 6.54 Å². The maximum atomic E-state index is 13.5. The molecule has 1 aliphatic heterocycles. The van der Waals surface area contributed by atoms with E-state index in [0.29, 0.717) is 17.9 Å². The van der Waals surface area contributed by atoms with Gasteiger partial charge < -0.3 is 14.2 Å². The van der Waals surface area contributed by atoms with Gasteiger partial charge in [-0.1, -0.05) is 6.07 Å². The molecule has 1 heterocycles. The van der Waals surface area contributed by atoms with Crippen molar-refractivity contribution in [2.24, 2.45) is 0 Å². The summed E-state index contributed by atoms with van der Waals surface area (Å²) in [6.07, 6.45) is 0.403. The van der Waals surface area contributed by atoms with Crippen molar-refractivity contribution in [3.8, 4) is 11.5 Å². The van der Waals surface area contributed by atoms with Gasteiger partial charge in [-0.3, -0.25) is 4.79 Å². The van der Waals surface area contributed by atoms with Crippen LogP contribution in [0.4, 0.5) is 0 Å². The fraction of sp³-hybridized carbons (Fsp3) is 0.409. The summed E-state index contributed by atoms with van der Waals surface area (Å²) >= 11 is 0. The molecule has 0 radical (unpaired) electrons. The molecule has 0 saturated heterocycles. The molecular weight excluding hydrogens is 406 g/mol. The third kappa shape index (κ3) is 4.02. The summed E-state index contributed by atoms with van der Waals surface area (Å²) in [5.74, 6) is 0.568. The highest BCUT2D eigenvalue weighted by molar-refractivity contribution is 7.89. The predicted octanol–water partition coefficient (Wildman–Crippen LogP) is 3.17. The van der Waals surface area contributed by atoms with Crippen LogP contribution < -0.4 is 9.47 Å². The molecule has 30 heavy (non-hydrogen) atoms. The highest BCUT2D eigenvalue weighted by Crippen LogP contribution is 2.41. The SMILES string of the molecule is COC(=O)C[C@H]1c2cc(OC)c(OC)cc2CCN1S(=O)(=O)c1ccc(C)c(C)c1. The lowest BCUT2D eigenvalue weighted by Gasteiger charge is -2.36. The largest absolute Gasteiger partial charge is 0.493 e. The monoisotopic (exact) mass is 433 g/mol. The van der Waals surface area contributed by atoms with Gasteiger partial charge in [0.25, 0.3) is 0 Å². The first kappa shape index (κ1) is 22.1. The summed E-state index contributed by atoms with van der Waals surface area (Å²) in [7, 11) is 0.537. The predicted molar refractivity (Wildman–Crippen MR) is 112 cm³/mol. The molecule has 0 unspecified atom stereocenters. The minimum absolute atomic E-state index is 0.0942. The van der Waals surface area contributed by atoms with Crippen molar-refractivity contribution < 1.29 is 27.4 Å². The van der Waals surface area contributed by atoms with Gasteiger partial charge in [0.15, 0.2) is 11.5 Å². The maximum Gasteiger partial charge on any atom is 0.307 e. The van der Waals surface area contributed by atoms with Crippen molar-refractivity contribution in [1.29, 1.82) is 0 Å². The fourth-order valence-corrected chi connectivity index (χ4v) is 5.45. The Morgan fingerprint density at radius 3 is 2.30 bits per heavy atom. The van der Waals surface area contributed by atoms with Gasteiger partial charge in [-0.25, -0.2) is 8.42 Å². The second kappa shape index (κ2) is 8.65. The summed E-state index contributed by atoms with van der Waals surface area (Å²) in [6, 6.07) is 7.97. The minimum atomic E-state index is -3.83. The first-order valence-corrected chi connectivity index (χ1v) is 11.1. The standard InChI is InChI=1S/C22H27NO6S/c1-14-6-7-17(10-15(14)2)30(25,26)23-9-8-16-11-20(27-3)21(28-4)12-18(16)19(23)13-22(24)29-5/h6-7,10-12,19H,8-9,13H2,1-5H3/t19-/m0/s1. The Bertz CT molecular complexity index is 1060. The molecule has 2 aromatic rings. The zero-order valence-corrected chi connectivity index (χ0v) is 18.7. The maximum absolute atomic E-state index is 13.5. The van der Waals surface area contributed by atoms with Crippen molar-refractivity contribution in [3.05, 3.63) is 52.6 Å². The van der Waals surface area contributed by atoms with Crippen LogP contribution in [0.15, 0.2) is 35.2 Å². The molecule has 1 aliphatic rings. The molecule has 3 rings (SSSR count). The van der Waals surface area contributed by atoms with Crippen LogP contribution in [-0.4, -0.2) is 46.6 Å². The van der Waals surface area contributed by atoms with Crippen LogP contribution in [-0.2, 0) is 26.0 Å². The zero-order chi connectivity index (χ0) is 22.1.